The number of anilines is 1. The molecule has 1 aromatic heterocycles. The number of nitrogens with zero attached hydrogens (tertiary/aromatic N) is 3. The summed E-state index contributed by atoms with van der Waals surface area (Å²) in [5.41, 5.74) is 1.99. The van der Waals surface area contributed by atoms with Crippen molar-refractivity contribution >= 4 is 5.82 Å². The van der Waals surface area contributed by atoms with Gasteiger partial charge in [-0.1, -0.05) is 12.8 Å². The number of fused-ring (bicyclic) bond motifs is 1. The number of piperidine rings is 1. The van der Waals surface area contributed by atoms with Gasteiger partial charge in [-0.15, -0.1) is 0 Å². The fraction of sp³-hybridized carbons (Fsp3) is 0.800. The Labute approximate surface area is 115 Å². The van der Waals surface area contributed by atoms with Crippen LogP contribution in [0.25, 0.3) is 0 Å². The Morgan fingerprint density at radius 1 is 1.21 bits per heavy atom. The Kier molecular flexibility index (Phi) is 3.52. The van der Waals surface area contributed by atoms with E-state index < -0.39 is 0 Å². The van der Waals surface area contributed by atoms with Gasteiger partial charge in [0.1, 0.15) is 5.82 Å². The lowest BCUT2D eigenvalue weighted by Gasteiger charge is -2.45. The van der Waals surface area contributed by atoms with Gasteiger partial charge in [0.15, 0.2) is 0 Å². The summed E-state index contributed by atoms with van der Waals surface area (Å²) in [6, 6.07) is 0.669. The normalized spacial score (nSPS) is 27.4. The lowest BCUT2D eigenvalue weighted by molar-refractivity contribution is 0.239. The fourth-order valence-corrected chi connectivity index (χ4v) is 4.12. The van der Waals surface area contributed by atoms with Crippen LogP contribution in [0.3, 0.4) is 0 Å². The SMILES string of the molecule is Cc1nn(C)c(N2CCC[C@H]3CCCC[C@H]32)c1CO. The molecule has 0 unspecified atom stereocenters. The summed E-state index contributed by atoms with van der Waals surface area (Å²) in [5.74, 6) is 2.01. The average molecular weight is 263 g/mol. The van der Waals surface area contributed by atoms with Gasteiger partial charge in [-0.3, -0.25) is 4.68 Å². The molecular formula is C15H25N3O. The van der Waals surface area contributed by atoms with Crippen molar-refractivity contribution in [2.75, 3.05) is 11.4 Å². The van der Waals surface area contributed by atoms with E-state index in [0.29, 0.717) is 6.04 Å². The molecule has 1 N–H and O–H groups in total. The third kappa shape index (κ3) is 2.16. The summed E-state index contributed by atoms with van der Waals surface area (Å²) in [4.78, 5) is 2.54. The second-order valence-electron chi connectivity index (χ2n) is 6.12. The zero-order valence-electron chi connectivity index (χ0n) is 12.1. The van der Waals surface area contributed by atoms with E-state index in [1.165, 1.54) is 38.5 Å². The van der Waals surface area contributed by atoms with Gasteiger partial charge in [-0.25, -0.2) is 0 Å². The molecule has 2 atom stereocenters. The van der Waals surface area contributed by atoms with E-state index in [2.05, 4.69) is 10.00 Å². The van der Waals surface area contributed by atoms with Crippen LogP contribution in [-0.2, 0) is 13.7 Å². The summed E-state index contributed by atoms with van der Waals surface area (Å²) in [6.45, 7) is 3.22. The minimum atomic E-state index is 0.100. The molecule has 1 aliphatic heterocycles. The second kappa shape index (κ2) is 5.16. The average Bonchev–Trinajstić information content (AvgIpc) is 2.72. The Morgan fingerprint density at radius 3 is 2.74 bits per heavy atom. The Balaban J connectivity index is 1.96. The van der Waals surface area contributed by atoms with Gasteiger partial charge in [0, 0.05) is 25.2 Å². The summed E-state index contributed by atoms with van der Waals surface area (Å²) < 4.78 is 1.97. The van der Waals surface area contributed by atoms with Crippen LogP contribution in [0.4, 0.5) is 5.82 Å². The van der Waals surface area contributed by atoms with Crippen molar-refractivity contribution in [2.45, 2.75) is 58.1 Å². The molecule has 0 aromatic carbocycles. The van der Waals surface area contributed by atoms with E-state index in [-0.39, 0.29) is 6.61 Å². The molecule has 2 heterocycles. The zero-order chi connectivity index (χ0) is 13.4. The Bertz CT molecular complexity index is 452. The number of aliphatic hydroxyl groups is 1. The van der Waals surface area contributed by atoms with Gasteiger partial charge in [0.25, 0.3) is 0 Å². The highest BCUT2D eigenvalue weighted by Crippen LogP contribution is 2.39. The molecular weight excluding hydrogens is 238 g/mol. The number of aromatic nitrogens is 2. The molecule has 1 aromatic rings. The summed E-state index contributed by atoms with van der Waals surface area (Å²) in [6.07, 6.45) is 8.09. The molecule has 0 bridgehead atoms. The first-order chi connectivity index (χ1) is 9.22. The van der Waals surface area contributed by atoms with E-state index >= 15 is 0 Å². The van der Waals surface area contributed by atoms with Crippen molar-refractivity contribution in [1.82, 2.24) is 9.78 Å². The van der Waals surface area contributed by atoms with E-state index in [0.717, 1.165) is 29.5 Å². The molecule has 2 aliphatic rings. The molecule has 1 saturated carbocycles. The number of hydrogen-bond donors (Lipinski definition) is 1. The molecule has 1 aliphatic carbocycles. The molecule has 0 spiro atoms. The van der Waals surface area contributed by atoms with E-state index in [9.17, 15) is 5.11 Å². The van der Waals surface area contributed by atoms with Crippen molar-refractivity contribution in [3.63, 3.8) is 0 Å². The highest BCUT2D eigenvalue weighted by atomic mass is 16.3. The van der Waals surface area contributed by atoms with E-state index in [1.807, 2.05) is 18.7 Å². The van der Waals surface area contributed by atoms with E-state index in [4.69, 9.17) is 0 Å². The molecule has 0 radical (unpaired) electrons. The quantitative estimate of drug-likeness (QED) is 0.890. The Hall–Kier alpha value is -1.03. The molecule has 4 heteroatoms. The van der Waals surface area contributed by atoms with Gasteiger partial charge in [0.05, 0.1) is 12.3 Å². The molecule has 2 fully saturated rings. The van der Waals surface area contributed by atoms with Crippen LogP contribution in [0.15, 0.2) is 0 Å². The topological polar surface area (TPSA) is 41.3 Å². The van der Waals surface area contributed by atoms with Gasteiger partial charge < -0.3 is 10.0 Å². The highest BCUT2D eigenvalue weighted by Gasteiger charge is 2.35. The molecule has 4 nitrogen and oxygen atoms in total. The minimum Gasteiger partial charge on any atom is -0.391 e. The number of aryl methyl sites for hydroxylation is 2. The molecule has 106 valence electrons. The van der Waals surface area contributed by atoms with Crippen LogP contribution in [0.2, 0.25) is 0 Å². The lowest BCUT2D eigenvalue weighted by atomic mass is 9.78. The van der Waals surface area contributed by atoms with E-state index in [1.54, 1.807) is 0 Å². The third-order valence-electron chi connectivity index (χ3n) is 4.99. The van der Waals surface area contributed by atoms with Crippen molar-refractivity contribution in [3.05, 3.63) is 11.3 Å². The summed E-state index contributed by atoms with van der Waals surface area (Å²) >= 11 is 0. The van der Waals surface area contributed by atoms with Gasteiger partial charge >= 0.3 is 0 Å². The van der Waals surface area contributed by atoms with Gasteiger partial charge in [-0.2, -0.15) is 5.10 Å². The second-order valence-corrected chi connectivity index (χ2v) is 6.12. The van der Waals surface area contributed by atoms with Gasteiger partial charge in [-0.05, 0) is 38.5 Å². The maximum atomic E-state index is 9.66. The first kappa shape index (κ1) is 13.0. The fourth-order valence-electron chi connectivity index (χ4n) is 4.12. The monoisotopic (exact) mass is 263 g/mol. The van der Waals surface area contributed by atoms with Crippen LogP contribution in [0.1, 0.15) is 49.8 Å². The lowest BCUT2D eigenvalue weighted by Crippen LogP contribution is -2.48. The number of rotatable bonds is 2. The maximum absolute atomic E-state index is 9.66. The number of aliphatic hydroxyl groups excluding tert-OH is 1. The predicted molar refractivity (Wildman–Crippen MR) is 76.2 cm³/mol. The van der Waals surface area contributed by atoms with Crippen LogP contribution >= 0.6 is 0 Å². The first-order valence-electron chi connectivity index (χ1n) is 7.62. The molecule has 1 saturated heterocycles. The van der Waals surface area contributed by atoms with Gasteiger partial charge in [0.2, 0.25) is 0 Å². The first-order valence-corrected chi connectivity index (χ1v) is 7.62. The third-order valence-corrected chi connectivity index (χ3v) is 4.99. The van der Waals surface area contributed by atoms with Crippen LogP contribution in [0, 0.1) is 12.8 Å². The number of hydrogen-bond acceptors (Lipinski definition) is 3. The predicted octanol–water partition coefficient (Wildman–Crippen LogP) is 2.38. The van der Waals surface area contributed by atoms with Crippen LogP contribution in [0.5, 0.6) is 0 Å². The standard InChI is InChI=1S/C15H25N3O/c1-11-13(10-19)15(17(2)16-11)18-9-5-7-12-6-3-4-8-14(12)18/h12,14,19H,3-10H2,1-2H3/t12-,14-/m1/s1. The van der Waals surface area contributed by atoms with Crippen molar-refractivity contribution in [3.8, 4) is 0 Å². The summed E-state index contributed by atoms with van der Waals surface area (Å²) in [7, 11) is 2.01. The largest absolute Gasteiger partial charge is 0.391 e. The highest BCUT2D eigenvalue weighted by molar-refractivity contribution is 5.51. The maximum Gasteiger partial charge on any atom is 0.132 e. The van der Waals surface area contributed by atoms with Crippen molar-refractivity contribution in [1.29, 1.82) is 0 Å². The van der Waals surface area contributed by atoms with Crippen LogP contribution < -0.4 is 4.90 Å². The molecule has 0 amide bonds. The summed E-state index contributed by atoms with van der Waals surface area (Å²) in [5, 5.41) is 14.2. The zero-order valence-corrected chi connectivity index (χ0v) is 12.1. The Morgan fingerprint density at radius 2 is 1.95 bits per heavy atom. The minimum absolute atomic E-state index is 0.100. The van der Waals surface area contributed by atoms with Crippen molar-refractivity contribution in [2.24, 2.45) is 13.0 Å². The van der Waals surface area contributed by atoms with Crippen molar-refractivity contribution < 1.29 is 5.11 Å². The molecule has 19 heavy (non-hydrogen) atoms. The van der Waals surface area contributed by atoms with Crippen LogP contribution in [-0.4, -0.2) is 27.5 Å². The smallest absolute Gasteiger partial charge is 0.132 e. The molecule has 3 rings (SSSR count).